The van der Waals surface area contributed by atoms with Gasteiger partial charge in [-0.3, -0.25) is 0 Å². The Balaban J connectivity index is 1.73. The van der Waals surface area contributed by atoms with Crippen LogP contribution >= 0.6 is 0 Å². The molecule has 6 heteroatoms. The van der Waals surface area contributed by atoms with Crippen molar-refractivity contribution in [3.63, 3.8) is 0 Å². The third-order valence-electron chi connectivity index (χ3n) is 4.12. The van der Waals surface area contributed by atoms with Crippen molar-refractivity contribution in [3.05, 3.63) is 41.8 Å². The zero-order chi connectivity index (χ0) is 15.7. The number of nitrogen functional groups attached to an aromatic ring is 1. The number of piperazine rings is 1. The second-order valence-corrected chi connectivity index (χ2v) is 5.43. The van der Waals surface area contributed by atoms with Gasteiger partial charge in [-0.15, -0.1) is 0 Å². The van der Waals surface area contributed by atoms with Crippen LogP contribution in [0.25, 0.3) is 0 Å². The van der Waals surface area contributed by atoms with E-state index in [-0.39, 0.29) is 5.82 Å². The first-order valence-electron chi connectivity index (χ1n) is 7.21. The molecule has 0 saturated carbocycles. The molecule has 1 fully saturated rings. The summed E-state index contributed by atoms with van der Waals surface area (Å²) in [6.45, 7) is 3.28. The number of anilines is 3. The molecule has 22 heavy (non-hydrogen) atoms. The summed E-state index contributed by atoms with van der Waals surface area (Å²) in [6.07, 6.45) is 0. The molecule has 1 aliphatic heterocycles. The fourth-order valence-corrected chi connectivity index (χ4v) is 2.95. The number of hydrogen-bond acceptors (Lipinski definition) is 4. The third kappa shape index (κ3) is 2.46. The van der Waals surface area contributed by atoms with Crippen molar-refractivity contribution in [2.45, 2.75) is 0 Å². The predicted molar refractivity (Wildman–Crippen MR) is 85.4 cm³/mol. The minimum absolute atomic E-state index is 0.219. The first-order valence-corrected chi connectivity index (χ1v) is 7.21. The Morgan fingerprint density at radius 2 is 1.68 bits per heavy atom. The van der Waals surface area contributed by atoms with Crippen molar-refractivity contribution in [2.75, 3.05) is 41.7 Å². The Morgan fingerprint density at radius 3 is 2.23 bits per heavy atom. The molecule has 0 unspecified atom stereocenters. The lowest BCUT2D eigenvalue weighted by Crippen LogP contribution is -2.47. The average molecular weight is 299 g/mol. The average Bonchev–Trinajstić information content (AvgIpc) is 2.82. The van der Waals surface area contributed by atoms with Crippen LogP contribution in [0.3, 0.4) is 0 Å². The van der Waals surface area contributed by atoms with E-state index < -0.39 is 0 Å². The molecule has 2 N–H and O–H groups in total. The van der Waals surface area contributed by atoms with E-state index in [2.05, 4.69) is 15.9 Å². The predicted octanol–water partition coefficient (Wildman–Crippen LogP) is 1.94. The minimum Gasteiger partial charge on any atom is -0.396 e. The van der Waals surface area contributed by atoms with Crippen LogP contribution in [0.15, 0.2) is 30.3 Å². The third-order valence-corrected chi connectivity index (χ3v) is 4.12. The molecular weight excluding hydrogens is 281 g/mol. The Bertz CT molecular complexity index is 705. The first-order chi connectivity index (χ1) is 10.6. The highest BCUT2D eigenvalue weighted by atomic mass is 19.1. The van der Waals surface area contributed by atoms with Gasteiger partial charge in [-0.1, -0.05) is 0 Å². The fourth-order valence-electron chi connectivity index (χ4n) is 2.95. The molecule has 1 aromatic heterocycles. The van der Waals surface area contributed by atoms with Gasteiger partial charge in [0, 0.05) is 38.9 Å². The summed E-state index contributed by atoms with van der Waals surface area (Å²) >= 11 is 0. The molecule has 0 radical (unpaired) electrons. The van der Waals surface area contributed by atoms with E-state index in [4.69, 9.17) is 11.0 Å². The Labute approximate surface area is 129 Å². The normalized spacial score (nSPS) is 15.0. The molecular formula is C16H18FN5. The lowest BCUT2D eigenvalue weighted by molar-refractivity contribution is 0.622. The van der Waals surface area contributed by atoms with Crippen molar-refractivity contribution in [2.24, 2.45) is 7.05 Å². The van der Waals surface area contributed by atoms with E-state index in [9.17, 15) is 4.39 Å². The highest BCUT2D eigenvalue weighted by Gasteiger charge is 2.22. The van der Waals surface area contributed by atoms with Crippen molar-refractivity contribution < 1.29 is 4.39 Å². The standard InChI is InChI=1S/C16H18FN5/c1-20-14(11-18)10-15(19)16(20)22-8-6-21(7-9-22)13-4-2-12(17)3-5-13/h2-5,10H,6-9,19H2,1H3. The molecule has 1 aliphatic rings. The maximum absolute atomic E-state index is 13.0. The number of aromatic nitrogens is 1. The van der Waals surface area contributed by atoms with Gasteiger partial charge in [0.25, 0.3) is 0 Å². The Kier molecular flexibility index (Phi) is 3.63. The largest absolute Gasteiger partial charge is 0.396 e. The highest BCUT2D eigenvalue weighted by Crippen LogP contribution is 2.28. The topological polar surface area (TPSA) is 61.2 Å². The lowest BCUT2D eigenvalue weighted by Gasteiger charge is -2.37. The van der Waals surface area contributed by atoms with Crippen LogP contribution in [-0.4, -0.2) is 30.7 Å². The van der Waals surface area contributed by atoms with Crippen LogP contribution in [0.2, 0.25) is 0 Å². The maximum Gasteiger partial charge on any atom is 0.133 e. The second kappa shape index (κ2) is 5.60. The zero-order valence-corrected chi connectivity index (χ0v) is 12.5. The van der Waals surface area contributed by atoms with E-state index in [0.29, 0.717) is 11.4 Å². The number of benzene rings is 1. The monoisotopic (exact) mass is 299 g/mol. The van der Waals surface area contributed by atoms with Crippen LogP contribution in [0.1, 0.15) is 5.69 Å². The minimum atomic E-state index is -0.219. The van der Waals surface area contributed by atoms with Crippen LogP contribution in [0.4, 0.5) is 21.6 Å². The molecule has 0 aliphatic carbocycles. The van der Waals surface area contributed by atoms with Gasteiger partial charge in [-0.25, -0.2) is 4.39 Å². The van der Waals surface area contributed by atoms with Gasteiger partial charge in [0.05, 0.1) is 5.69 Å². The first kappa shape index (κ1) is 14.3. The number of rotatable bonds is 2. The van der Waals surface area contributed by atoms with Crippen LogP contribution < -0.4 is 15.5 Å². The van der Waals surface area contributed by atoms with Crippen LogP contribution in [0, 0.1) is 17.1 Å². The number of hydrogen-bond donors (Lipinski definition) is 1. The molecule has 0 atom stereocenters. The summed E-state index contributed by atoms with van der Waals surface area (Å²) in [6, 6.07) is 10.4. The van der Waals surface area contributed by atoms with E-state index >= 15 is 0 Å². The van der Waals surface area contributed by atoms with E-state index in [1.807, 2.05) is 11.6 Å². The van der Waals surface area contributed by atoms with Gasteiger partial charge in [0.15, 0.2) is 0 Å². The smallest absolute Gasteiger partial charge is 0.133 e. The summed E-state index contributed by atoms with van der Waals surface area (Å²) in [5.74, 6) is 0.679. The number of nitrogens with zero attached hydrogens (tertiary/aromatic N) is 4. The number of nitriles is 1. The molecule has 114 valence electrons. The summed E-state index contributed by atoms with van der Waals surface area (Å²) in [5.41, 5.74) is 8.27. The Hall–Kier alpha value is -2.68. The van der Waals surface area contributed by atoms with Gasteiger partial charge in [0.1, 0.15) is 23.4 Å². The molecule has 0 bridgehead atoms. The SMILES string of the molecule is Cn1c(C#N)cc(N)c1N1CCN(c2ccc(F)cc2)CC1. The molecule has 1 aromatic carbocycles. The van der Waals surface area contributed by atoms with Gasteiger partial charge >= 0.3 is 0 Å². The Morgan fingerprint density at radius 1 is 1.09 bits per heavy atom. The molecule has 5 nitrogen and oxygen atoms in total. The molecule has 3 rings (SSSR count). The quantitative estimate of drug-likeness (QED) is 0.920. The fraction of sp³-hybridized carbons (Fsp3) is 0.312. The van der Waals surface area contributed by atoms with Crippen molar-refractivity contribution in [3.8, 4) is 6.07 Å². The summed E-state index contributed by atoms with van der Waals surface area (Å²) in [7, 11) is 1.86. The molecule has 0 spiro atoms. The number of halogens is 1. The highest BCUT2D eigenvalue weighted by molar-refractivity contribution is 5.68. The zero-order valence-electron chi connectivity index (χ0n) is 12.5. The molecule has 2 heterocycles. The summed E-state index contributed by atoms with van der Waals surface area (Å²) in [4.78, 5) is 4.41. The molecule has 0 amide bonds. The van der Waals surface area contributed by atoms with Crippen molar-refractivity contribution in [1.82, 2.24) is 4.57 Å². The summed E-state index contributed by atoms with van der Waals surface area (Å²) < 4.78 is 14.8. The molecule has 2 aromatic rings. The lowest BCUT2D eigenvalue weighted by atomic mass is 10.2. The summed E-state index contributed by atoms with van der Waals surface area (Å²) in [5, 5.41) is 9.08. The second-order valence-electron chi connectivity index (χ2n) is 5.43. The van der Waals surface area contributed by atoms with Crippen molar-refractivity contribution in [1.29, 1.82) is 5.26 Å². The van der Waals surface area contributed by atoms with Gasteiger partial charge in [-0.2, -0.15) is 5.26 Å². The maximum atomic E-state index is 13.0. The van der Waals surface area contributed by atoms with E-state index in [1.54, 1.807) is 18.2 Å². The van der Waals surface area contributed by atoms with Gasteiger partial charge < -0.3 is 20.1 Å². The van der Waals surface area contributed by atoms with Gasteiger partial charge in [0.2, 0.25) is 0 Å². The molecule has 1 saturated heterocycles. The van der Waals surface area contributed by atoms with Gasteiger partial charge in [-0.05, 0) is 30.3 Å². The van der Waals surface area contributed by atoms with Crippen LogP contribution in [-0.2, 0) is 7.05 Å². The number of nitrogens with two attached hydrogens (primary N) is 1. The van der Waals surface area contributed by atoms with E-state index in [0.717, 1.165) is 37.7 Å². The van der Waals surface area contributed by atoms with Crippen molar-refractivity contribution >= 4 is 17.2 Å². The van der Waals surface area contributed by atoms with E-state index in [1.165, 1.54) is 12.1 Å². The van der Waals surface area contributed by atoms with Crippen LogP contribution in [0.5, 0.6) is 0 Å².